The topological polar surface area (TPSA) is 9.23 Å². The average molecular weight is 405 g/mol. The summed E-state index contributed by atoms with van der Waals surface area (Å²) in [6.45, 7) is 17.9. The van der Waals surface area contributed by atoms with Crippen LogP contribution in [0.15, 0.2) is 10.5 Å². The van der Waals surface area contributed by atoms with Crippen LogP contribution in [0.1, 0.15) is 93.9 Å². The van der Waals surface area contributed by atoms with E-state index in [0.29, 0.717) is 5.92 Å². The van der Waals surface area contributed by atoms with E-state index < -0.39 is 6.35 Å². The molecule has 1 atom stereocenters. The first-order chi connectivity index (χ1) is 11.2. The van der Waals surface area contributed by atoms with Gasteiger partial charge in [-0.15, -0.1) is 21.7 Å². The zero-order chi connectivity index (χ0) is 18.8. The Hall–Kier alpha value is 0.402. The molecule has 0 aliphatic heterocycles. The maximum atomic E-state index is 6.61. The summed E-state index contributed by atoms with van der Waals surface area (Å²) >= 11 is 3.89. The van der Waals surface area contributed by atoms with Gasteiger partial charge < -0.3 is 4.65 Å². The summed E-state index contributed by atoms with van der Waals surface area (Å²) in [5.74, 6) is 7.55. The monoisotopic (exact) mass is 404 g/mol. The molecule has 0 aliphatic carbocycles. The Morgan fingerprint density at radius 1 is 1.12 bits per heavy atom. The van der Waals surface area contributed by atoms with Gasteiger partial charge in [-0.1, -0.05) is 82.7 Å². The quantitative estimate of drug-likeness (QED) is 0.295. The fourth-order valence-corrected chi connectivity index (χ4v) is 3.89. The second-order valence-corrected chi connectivity index (χ2v) is 9.02. The molecule has 0 rings (SSSR count). The van der Waals surface area contributed by atoms with Crippen LogP contribution in [0, 0.1) is 17.7 Å². The molecule has 0 radical (unpaired) electrons. The van der Waals surface area contributed by atoms with Crippen molar-refractivity contribution in [1.82, 2.24) is 0 Å². The molecule has 0 fully saturated rings. The smallest absolute Gasteiger partial charge is 0.574 e. The van der Waals surface area contributed by atoms with Crippen molar-refractivity contribution in [3.63, 3.8) is 0 Å². The molecule has 0 aromatic heterocycles. The van der Waals surface area contributed by atoms with Gasteiger partial charge >= 0.3 is 18.9 Å². The van der Waals surface area contributed by atoms with Gasteiger partial charge in [0.15, 0.2) is 0 Å². The van der Waals surface area contributed by atoms with E-state index in [1.807, 2.05) is 0 Å². The third kappa shape index (κ3) is 8.30. The van der Waals surface area contributed by atoms with Crippen molar-refractivity contribution >= 4 is 22.3 Å². The largest absolute Gasteiger partial charge is 1.00 e. The zero-order valence-electron chi connectivity index (χ0n) is 18.3. The first-order valence-corrected chi connectivity index (χ1v) is 10.6. The van der Waals surface area contributed by atoms with Gasteiger partial charge in [0.25, 0.3) is 0 Å². The first kappa shape index (κ1) is 27.6. The van der Waals surface area contributed by atoms with Gasteiger partial charge in [0.05, 0.1) is 0 Å². The molecule has 0 aromatic carbocycles. The predicted octanol–water partition coefficient (Wildman–Crippen LogP) is 4.54. The minimum atomic E-state index is -1.42. The van der Waals surface area contributed by atoms with Crippen LogP contribution in [0.2, 0.25) is 5.31 Å². The Morgan fingerprint density at radius 2 is 1.68 bits per heavy atom. The van der Waals surface area contributed by atoms with Crippen molar-refractivity contribution in [1.29, 1.82) is 0 Å². The second kappa shape index (κ2) is 13.6. The summed E-state index contributed by atoms with van der Waals surface area (Å²) < 4.78 is 7.77. The minimum Gasteiger partial charge on any atom is -0.574 e. The molecule has 4 heteroatoms. The van der Waals surface area contributed by atoms with Crippen molar-refractivity contribution in [3.05, 3.63) is 10.5 Å². The molecular formula is C21H39BBrLiO. The number of hydrogen-bond acceptors (Lipinski definition) is 1. The van der Waals surface area contributed by atoms with Gasteiger partial charge in [-0.05, 0) is 26.7 Å². The number of allylic oxidation sites excluding steroid dienone is 1. The summed E-state index contributed by atoms with van der Waals surface area (Å²) in [5, 5.41) is -0.0367. The number of halogens is 1. The maximum Gasteiger partial charge on any atom is 1.00 e. The van der Waals surface area contributed by atoms with Gasteiger partial charge in [0.1, 0.15) is 0 Å². The third-order valence-corrected chi connectivity index (χ3v) is 6.23. The summed E-state index contributed by atoms with van der Waals surface area (Å²) in [5.41, 5.74) is 0. The normalized spacial score (nSPS) is 14.8. The van der Waals surface area contributed by atoms with Crippen molar-refractivity contribution in [3.8, 4) is 11.7 Å². The maximum absolute atomic E-state index is 6.61. The predicted molar refractivity (Wildman–Crippen MR) is 115 cm³/mol. The van der Waals surface area contributed by atoms with Crippen molar-refractivity contribution < 1.29 is 23.5 Å². The fourth-order valence-electron chi connectivity index (χ4n) is 2.85. The Bertz CT molecular complexity index is 449. The second-order valence-electron chi connectivity index (χ2n) is 8.10. The average Bonchev–Trinajstić information content (AvgIpc) is 2.49. The SMILES string of the molecule is CCCCC#C[B-](OC(C)C)(/C(Br)=C/CCCC)C(C)(C)C(C)C.[Li+]. The molecule has 0 aliphatic rings. The first-order valence-electron chi connectivity index (χ1n) is 9.84. The van der Waals surface area contributed by atoms with Crippen LogP contribution in [0.25, 0.3) is 0 Å². The Balaban J connectivity index is 0. The Morgan fingerprint density at radius 3 is 2.12 bits per heavy atom. The molecule has 1 nitrogen and oxygen atoms in total. The van der Waals surface area contributed by atoms with Gasteiger partial charge in [0.2, 0.25) is 6.35 Å². The molecule has 0 saturated heterocycles. The Labute approximate surface area is 178 Å². The molecule has 0 heterocycles. The van der Waals surface area contributed by atoms with Crippen molar-refractivity contribution in [2.75, 3.05) is 0 Å². The fraction of sp³-hybridized carbons (Fsp3) is 0.810. The Kier molecular flexibility index (Phi) is 15.0. The van der Waals surface area contributed by atoms with Crippen molar-refractivity contribution in [2.24, 2.45) is 5.92 Å². The summed E-state index contributed by atoms with van der Waals surface area (Å²) in [6, 6.07) is 0. The summed E-state index contributed by atoms with van der Waals surface area (Å²) in [7, 11) is 0. The van der Waals surface area contributed by atoms with E-state index in [1.54, 1.807) is 0 Å². The number of rotatable bonds is 10. The molecule has 0 aromatic rings. The standard InChI is InChI=1S/C21H39BBrO.Li/c1-9-11-13-15-17-22(24-19(5)6,21(7,8)18(3)4)20(23)16-14-12-10-2;/h16,18-19H,9-14H2,1-8H3;/q-1;+1/b20-16-;. The van der Waals surface area contributed by atoms with Crippen LogP contribution in [0.3, 0.4) is 0 Å². The minimum absolute atomic E-state index is 0. The number of hydrogen-bond donors (Lipinski definition) is 0. The van der Waals surface area contributed by atoms with Crippen LogP contribution in [-0.2, 0) is 4.65 Å². The molecule has 140 valence electrons. The van der Waals surface area contributed by atoms with Crippen LogP contribution in [-0.4, -0.2) is 12.5 Å². The van der Waals surface area contributed by atoms with Gasteiger partial charge in [0, 0.05) is 12.5 Å². The molecule has 0 saturated carbocycles. The summed E-state index contributed by atoms with van der Waals surface area (Å²) in [4.78, 5) is 0. The van der Waals surface area contributed by atoms with E-state index in [4.69, 9.17) is 4.65 Å². The molecule has 0 N–H and O–H groups in total. The van der Waals surface area contributed by atoms with Crippen LogP contribution < -0.4 is 18.9 Å². The van der Waals surface area contributed by atoms with Gasteiger partial charge in [-0.25, -0.2) is 0 Å². The zero-order valence-corrected chi connectivity index (χ0v) is 19.9. The van der Waals surface area contributed by atoms with Gasteiger partial charge in [-0.2, -0.15) is 0 Å². The van der Waals surface area contributed by atoms with E-state index in [1.165, 1.54) is 19.3 Å². The van der Waals surface area contributed by atoms with Crippen LogP contribution in [0.5, 0.6) is 0 Å². The third-order valence-electron chi connectivity index (χ3n) is 5.26. The van der Waals surface area contributed by atoms with Crippen LogP contribution >= 0.6 is 15.9 Å². The van der Waals surface area contributed by atoms with Crippen LogP contribution in [0.4, 0.5) is 0 Å². The molecular weight excluding hydrogens is 366 g/mol. The van der Waals surface area contributed by atoms with E-state index in [2.05, 4.69) is 89.1 Å². The molecule has 25 heavy (non-hydrogen) atoms. The molecule has 0 bridgehead atoms. The van der Waals surface area contributed by atoms with E-state index in [-0.39, 0.29) is 30.3 Å². The number of unbranched alkanes of at least 4 members (excludes halogenated alkanes) is 4. The van der Waals surface area contributed by atoms with E-state index in [0.717, 1.165) is 23.6 Å². The molecule has 0 spiro atoms. The van der Waals surface area contributed by atoms with Gasteiger partial charge in [-0.3, -0.25) is 5.82 Å². The molecule has 0 amide bonds. The summed E-state index contributed by atoms with van der Waals surface area (Å²) in [6.07, 6.45) is 7.81. The van der Waals surface area contributed by atoms with E-state index in [9.17, 15) is 0 Å². The van der Waals surface area contributed by atoms with E-state index >= 15 is 0 Å². The van der Waals surface area contributed by atoms with Crippen molar-refractivity contribution in [2.45, 2.75) is 105 Å². The molecule has 1 unspecified atom stereocenters.